The Morgan fingerprint density at radius 2 is 1.80 bits per heavy atom. The summed E-state index contributed by atoms with van der Waals surface area (Å²) in [5.74, 6) is 0.0636. The number of methoxy groups -OCH3 is 1. The molecule has 0 radical (unpaired) electrons. The summed E-state index contributed by atoms with van der Waals surface area (Å²) < 4.78 is 4.61. The van der Waals surface area contributed by atoms with E-state index in [1.165, 1.54) is 7.11 Å². The lowest BCUT2D eigenvalue weighted by Gasteiger charge is -2.15. The lowest BCUT2D eigenvalue weighted by molar-refractivity contribution is 0.0600. The molecule has 3 heteroatoms. The fraction of sp³-hybridized carbons (Fsp3) is 0.417. The van der Waals surface area contributed by atoms with Crippen molar-refractivity contribution in [3.8, 4) is 0 Å². The Hall–Kier alpha value is -1.35. The molecule has 1 aromatic carbocycles. The van der Waals surface area contributed by atoms with Crippen LogP contribution in [0.2, 0.25) is 0 Å². The number of nitrogens with two attached hydrogens (primary N) is 1. The lowest BCUT2D eigenvalue weighted by Crippen LogP contribution is -2.16. The maximum Gasteiger partial charge on any atom is 0.337 e. The molecule has 0 amide bonds. The highest BCUT2D eigenvalue weighted by Crippen LogP contribution is 2.19. The molecule has 2 N–H and O–H groups in total. The molecule has 0 fully saturated rings. The summed E-state index contributed by atoms with van der Waals surface area (Å²) in [6.45, 7) is 4.14. The molecule has 82 valence electrons. The summed E-state index contributed by atoms with van der Waals surface area (Å²) in [5, 5.41) is 0. The first-order valence-corrected chi connectivity index (χ1v) is 5.00. The summed E-state index contributed by atoms with van der Waals surface area (Å²) in [6.07, 6.45) is 0. The number of hydrogen-bond acceptors (Lipinski definition) is 3. The van der Waals surface area contributed by atoms with Gasteiger partial charge in [-0.1, -0.05) is 26.0 Å². The SMILES string of the molecule is COC(=O)c1ccc([C@H](N)C(C)C)cc1. The monoisotopic (exact) mass is 207 g/mol. The first-order chi connectivity index (χ1) is 7.06. The van der Waals surface area contributed by atoms with Gasteiger partial charge in [-0.3, -0.25) is 0 Å². The predicted octanol–water partition coefficient (Wildman–Crippen LogP) is 2.13. The van der Waals surface area contributed by atoms with Crippen molar-refractivity contribution in [3.05, 3.63) is 35.4 Å². The second-order valence-corrected chi connectivity index (χ2v) is 3.88. The number of carbonyl (C=O) groups is 1. The van der Waals surface area contributed by atoms with E-state index in [1.807, 2.05) is 12.1 Å². The van der Waals surface area contributed by atoms with Crippen LogP contribution in [0.5, 0.6) is 0 Å². The lowest BCUT2D eigenvalue weighted by atomic mass is 9.96. The van der Waals surface area contributed by atoms with Crippen molar-refractivity contribution in [2.75, 3.05) is 7.11 Å². The number of hydrogen-bond donors (Lipinski definition) is 1. The number of esters is 1. The van der Waals surface area contributed by atoms with Crippen LogP contribution in [0.15, 0.2) is 24.3 Å². The van der Waals surface area contributed by atoms with Crippen molar-refractivity contribution >= 4 is 5.97 Å². The molecule has 15 heavy (non-hydrogen) atoms. The molecule has 0 aliphatic carbocycles. The maximum atomic E-state index is 11.2. The van der Waals surface area contributed by atoms with Gasteiger partial charge in [0.1, 0.15) is 0 Å². The minimum Gasteiger partial charge on any atom is -0.465 e. The third-order valence-electron chi connectivity index (χ3n) is 2.43. The van der Waals surface area contributed by atoms with E-state index in [9.17, 15) is 4.79 Å². The molecular formula is C12H17NO2. The molecule has 3 nitrogen and oxygen atoms in total. The van der Waals surface area contributed by atoms with Crippen molar-refractivity contribution < 1.29 is 9.53 Å². The zero-order valence-corrected chi connectivity index (χ0v) is 9.36. The smallest absolute Gasteiger partial charge is 0.337 e. The summed E-state index contributed by atoms with van der Waals surface area (Å²) in [6, 6.07) is 7.23. The van der Waals surface area contributed by atoms with Crippen molar-refractivity contribution in [2.24, 2.45) is 11.7 Å². The topological polar surface area (TPSA) is 52.3 Å². The Morgan fingerprint density at radius 3 is 2.20 bits per heavy atom. The average molecular weight is 207 g/mol. The molecule has 1 aromatic rings. The van der Waals surface area contributed by atoms with Gasteiger partial charge in [0.05, 0.1) is 12.7 Å². The van der Waals surface area contributed by atoms with Crippen molar-refractivity contribution in [2.45, 2.75) is 19.9 Å². The average Bonchev–Trinajstić information content (AvgIpc) is 2.27. The van der Waals surface area contributed by atoms with E-state index in [2.05, 4.69) is 18.6 Å². The van der Waals surface area contributed by atoms with E-state index >= 15 is 0 Å². The predicted molar refractivity (Wildman–Crippen MR) is 59.5 cm³/mol. The minimum absolute atomic E-state index is 0.0108. The highest BCUT2D eigenvalue weighted by Gasteiger charge is 2.11. The van der Waals surface area contributed by atoms with E-state index < -0.39 is 0 Å². The van der Waals surface area contributed by atoms with E-state index in [0.29, 0.717) is 11.5 Å². The summed E-state index contributed by atoms with van der Waals surface area (Å²) in [4.78, 5) is 11.2. The molecule has 0 aliphatic heterocycles. The second kappa shape index (κ2) is 4.94. The fourth-order valence-electron chi connectivity index (χ4n) is 1.34. The number of benzene rings is 1. The molecular weight excluding hydrogens is 190 g/mol. The van der Waals surface area contributed by atoms with Gasteiger partial charge in [-0.15, -0.1) is 0 Å². The highest BCUT2D eigenvalue weighted by atomic mass is 16.5. The van der Waals surface area contributed by atoms with E-state index in [-0.39, 0.29) is 12.0 Å². The second-order valence-electron chi connectivity index (χ2n) is 3.88. The van der Waals surface area contributed by atoms with Gasteiger partial charge in [0.2, 0.25) is 0 Å². The molecule has 0 unspecified atom stereocenters. The third kappa shape index (κ3) is 2.80. The van der Waals surface area contributed by atoms with Gasteiger partial charge >= 0.3 is 5.97 Å². The van der Waals surface area contributed by atoms with E-state index in [4.69, 9.17) is 5.73 Å². The van der Waals surface area contributed by atoms with Crippen LogP contribution in [-0.2, 0) is 4.74 Å². The van der Waals surface area contributed by atoms with Gasteiger partial charge in [-0.2, -0.15) is 0 Å². The standard InChI is InChI=1S/C12H17NO2/c1-8(2)11(13)9-4-6-10(7-5-9)12(14)15-3/h4-8,11H,13H2,1-3H3/t11-/m1/s1. The Morgan fingerprint density at radius 1 is 1.27 bits per heavy atom. The Kier molecular flexibility index (Phi) is 3.86. The minimum atomic E-state index is -0.320. The van der Waals surface area contributed by atoms with Crippen LogP contribution >= 0.6 is 0 Å². The van der Waals surface area contributed by atoms with E-state index in [0.717, 1.165) is 5.56 Å². The van der Waals surface area contributed by atoms with Crippen LogP contribution < -0.4 is 5.73 Å². The van der Waals surface area contributed by atoms with Crippen LogP contribution in [0.1, 0.15) is 35.8 Å². The molecule has 0 spiro atoms. The first-order valence-electron chi connectivity index (χ1n) is 5.00. The van der Waals surface area contributed by atoms with Gasteiger partial charge < -0.3 is 10.5 Å². The number of ether oxygens (including phenoxy) is 1. The summed E-state index contributed by atoms with van der Waals surface area (Å²) in [5.41, 5.74) is 7.57. The van der Waals surface area contributed by atoms with Crippen molar-refractivity contribution in [1.82, 2.24) is 0 Å². The van der Waals surface area contributed by atoms with E-state index in [1.54, 1.807) is 12.1 Å². The van der Waals surface area contributed by atoms with Gasteiger partial charge in [0.25, 0.3) is 0 Å². The van der Waals surface area contributed by atoms with Crippen molar-refractivity contribution in [3.63, 3.8) is 0 Å². The molecule has 1 rings (SSSR count). The van der Waals surface area contributed by atoms with Crippen LogP contribution in [-0.4, -0.2) is 13.1 Å². The zero-order chi connectivity index (χ0) is 11.4. The molecule has 0 aromatic heterocycles. The van der Waals surface area contributed by atoms with Crippen LogP contribution in [0.25, 0.3) is 0 Å². The van der Waals surface area contributed by atoms with Crippen molar-refractivity contribution in [1.29, 1.82) is 0 Å². The largest absolute Gasteiger partial charge is 0.465 e. The van der Waals surface area contributed by atoms with Gasteiger partial charge in [0.15, 0.2) is 0 Å². The maximum absolute atomic E-state index is 11.2. The first kappa shape index (κ1) is 11.7. The molecule has 0 saturated carbocycles. The van der Waals surface area contributed by atoms with Crippen LogP contribution in [0, 0.1) is 5.92 Å². The van der Waals surface area contributed by atoms with Gasteiger partial charge in [-0.05, 0) is 23.6 Å². The molecule has 0 bridgehead atoms. The molecule has 0 heterocycles. The number of carbonyl (C=O) groups excluding carboxylic acids is 1. The molecule has 0 aliphatic rings. The van der Waals surface area contributed by atoms with Crippen LogP contribution in [0.4, 0.5) is 0 Å². The zero-order valence-electron chi connectivity index (χ0n) is 9.36. The number of rotatable bonds is 3. The Balaban J connectivity index is 2.85. The highest BCUT2D eigenvalue weighted by molar-refractivity contribution is 5.89. The Labute approximate surface area is 90.2 Å². The van der Waals surface area contributed by atoms with Gasteiger partial charge in [0, 0.05) is 6.04 Å². The summed E-state index contributed by atoms with van der Waals surface area (Å²) >= 11 is 0. The van der Waals surface area contributed by atoms with Crippen LogP contribution in [0.3, 0.4) is 0 Å². The molecule has 0 saturated heterocycles. The summed E-state index contributed by atoms with van der Waals surface area (Å²) in [7, 11) is 1.37. The normalized spacial score (nSPS) is 12.6. The molecule has 1 atom stereocenters. The third-order valence-corrected chi connectivity index (χ3v) is 2.43. The fourth-order valence-corrected chi connectivity index (χ4v) is 1.34. The Bertz CT molecular complexity index is 330. The van der Waals surface area contributed by atoms with Gasteiger partial charge in [-0.25, -0.2) is 4.79 Å². The quantitative estimate of drug-likeness (QED) is 0.772.